The lowest BCUT2D eigenvalue weighted by molar-refractivity contribution is 0.0998. The summed E-state index contributed by atoms with van der Waals surface area (Å²) in [6, 6.07) is 15.8. The highest BCUT2D eigenvalue weighted by Gasteiger charge is 2.11. The molecule has 0 aliphatic heterocycles. The Morgan fingerprint density at radius 1 is 1.13 bits per heavy atom. The summed E-state index contributed by atoms with van der Waals surface area (Å²) in [6.07, 6.45) is 0. The molecule has 1 amide bonds. The quantitative estimate of drug-likeness (QED) is 0.393. The lowest BCUT2D eigenvalue weighted by atomic mass is 10.1. The van der Waals surface area contributed by atoms with Crippen molar-refractivity contribution in [3.05, 3.63) is 65.4 Å². The third kappa shape index (κ3) is 5.18. The second-order valence-electron chi connectivity index (χ2n) is 7.00. The highest BCUT2D eigenvalue weighted by atomic mass is 16.5. The molecular weight excluding hydrogens is 378 g/mol. The highest BCUT2D eigenvalue weighted by Crippen LogP contribution is 2.23. The van der Waals surface area contributed by atoms with Crippen molar-refractivity contribution in [2.45, 2.75) is 27.0 Å². The zero-order valence-corrected chi connectivity index (χ0v) is 17.7. The van der Waals surface area contributed by atoms with Crippen molar-refractivity contribution < 1.29 is 9.53 Å². The molecule has 0 aliphatic rings. The van der Waals surface area contributed by atoms with E-state index in [1.54, 1.807) is 13.1 Å². The Bertz CT molecular complexity index is 1040. The molecule has 7 heteroatoms. The van der Waals surface area contributed by atoms with Crippen molar-refractivity contribution in [1.29, 1.82) is 0 Å². The van der Waals surface area contributed by atoms with E-state index in [9.17, 15) is 4.79 Å². The Labute approximate surface area is 176 Å². The van der Waals surface area contributed by atoms with Crippen LogP contribution >= 0.6 is 0 Å². The van der Waals surface area contributed by atoms with Crippen molar-refractivity contribution in [3.63, 3.8) is 0 Å². The topological polar surface area (TPSA) is 95.7 Å². The third-order valence-electron chi connectivity index (χ3n) is 5.10. The van der Waals surface area contributed by atoms with Gasteiger partial charge in [-0.15, -0.1) is 0 Å². The second-order valence-corrected chi connectivity index (χ2v) is 7.00. The summed E-state index contributed by atoms with van der Waals surface area (Å²) in [5, 5.41) is 3.54. The van der Waals surface area contributed by atoms with Crippen molar-refractivity contribution in [2.24, 2.45) is 10.7 Å². The van der Waals surface area contributed by atoms with E-state index in [0.29, 0.717) is 12.3 Å². The minimum absolute atomic E-state index is 0.0751. The normalized spacial score (nSPS) is 11.8. The Balaban J connectivity index is 1.74. The summed E-state index contributed by atoms with van der Waals surface area (Å²) in [7, 11) is 1.61. The van der Waals surface area contributed by atoms with Crippen LogP contribution < -0.4 is 15.8 Å². The van der Waals surface area contributed by atoms with Gasteiger partial charge >= 0.3 is 0 Å². The maximum Gasteiger partial charge on any atom is 0.296 e. The van der Waals surface area contributed by atoms with Crippen LogP contribution in [0.5, 0.6) is 5.75 Å². The number of fused-ring (bicyclic) bond motifs is 1. The van der Waals surface area contributed by atoms with Crippen LogP contribution in [-0.4, -0.2) is 41.9 Å². The van der Waals surface area contributed by atoms with Crippen LogP contribution in [0, 0.1) is 0 Å². The van der Waals surface area contributed by atoms with E-state index in [0.717, 1.165) is 36.3 Å². The van der Waals surface area contributed by atoms with E-state index in [2.05, 4.69) is 52.2 Å². The molecule has 1 aromatic heterocycles. The Morgan fingerprint density at radius 3 is 2.57 bits per heavy atom. The number of carbonyl (C=O) groups is 1. The van der Waals surface area contributed by atoms with E-state index in [4.69, 9.17) is 10.5 Å². The average Bonchev–Trinajstić information content (AvgIpc) is 3.20. The number of aliphatic imine (C=N–C) groups is 1. The number of benzene rings is 2. The summed E-state index contributed by atoms with van der Waals surface area (Å²) in [6.45, 7) is 7.76. The van der Waals surface area contributed by atoms with Crippen LogP contribution in [0.4, 0.5) is 0 Å². The Morgan fingerprint density at radius 2 is 1.87 bits per heavy atom. The minimum atomic E-state index is -0.425. The zero-order chi connectivity index (χ0) is 21.5. The number of nitrogens with zero attached hydrogens (tertiary/aromatic N) is 2. The summed E-state index contributed by atoms with van der Waals surface area (Å²) in [4.78, 5) is 21.4. The molecule has 3 rings (SSSR count). The third-order valence-corrected chi connectivity index (χ3v) is 5.10. The summed E-state index contributed by atoms with van der Waals surface area (Å²) in [5.41, 5.74) is 9.20. The van der Waals surface area contributed by atoms with Crippen molar-refractivity contribution in [2.75, 3.05) is 20.1 Å². The summed E-state index contributed by atoms with van der Waals surface area (Å²) in [5.74, 6) is 0.385. The molecule has 0 saturated heterocycles. The molecular formula is C23H29N5O2. The van der Waals surface area contributed by atoms with Gasteiger partial charge in [0.2, 0.25) is 0 Å². The fraction of sp³-hybridized carbons (Fsp3) is 0.304. The monoisotopic (exact) mass is 407 g/mol. The van der Waals surface area contributed by atoms with Gasteiger partial charge in [-0.3, -0.25) is 9.69 Å². The first-order chi connectivity index (χ1) is 14.5. The van der Waals surface area contributed by atoms with Crippen molar-refractivity contribution in [3.8, 4) is 5.75 Å². The van der Waals surface area contributed by atoms with Gasteiger partial charge in [0.1, 0.15) is 18.1 Å². The van der Waals surface area contributed by atoms with Gasteiger partial charge in [-0.05, 0) is 42.4 Å². The van der Waals surface area contributed by atoms with Crippen LogP contribution in [0.25, 0.3) is 10.9 Å². The van der Waals surface area contributed by atoms with E-state index >= 15 is 0 Å². The van der Waals surface area contributed by atoms with Crippen LogP contribution in [0.2, 0.25) is 0 Å². The molecule has 0 atom stereocenters. The number of ether oxygens (including phenoxy) is 1. The number of H-pyrrole nitrogens is 1. The molecule has 0 radical (unpaired) electrons. The number of guanidine groups is 1. The predicted molar refractivity (Wildman–Crippen MR) is 121 cm³/mol. The zero-order valence-electron chi connectivity index (χ0n) is 17.7. The smallest absolute Gasteiger partial charge is 0.296 e. The predicted octanol–water partition coefficient (Wildman–Crippen LogP) is 3.26. The molecule has 0 unspecified atom stereocenters. The molecule has 0 bridgehead atoms. The van der Waals surface area contributed by atoms with Gasteiger partial charge in [-0.25, -0.2) is 0 Å². The minimum Gasteiger partial charge on any atom is -0.489 e. The number of hydrogen-bond acceptors (Lipinski definition) is 3. The molecule has 158 valence electrons. The average molecular weight is 408 g/mol. The van der Waals surface area contributed by atoms with Crippen molar-refractivity contribution in [1.82, 2.24) is 15.2 Å². The number of nitrogens with two attached hydrogens (primary N) is 1. The van der Waals surface area contributed by atoms with Gasteiger partial charge in [0, 0.05) is 30.6 Å². The molecule has 0 fully saturated rings. The summed E-state index contributed by atoms with van der Waals surface area (Å²) >= 11 is 0. The van der Waals surface area contributed by atoms with E-state index in [1.165, 1.54) is 11.1 Å². The Hall–Kier alpha value is -3.32. The van der Waals surface area contributed by atoms with Gasteiger partial charge in [-0.1, -0.05) is 38.1 Å². The number of nitrogens with one attached hydrogen (secondary N) is 2. The molecule has 3 aromatic rings. The van der Waals surface area contributed by atoms with Crippen LogP contribution in [0.15, 0.2) is 53.5 Å². The fourth-order valence-electron chi connectivity index (χ4n) is 3.24. The Kier molecular flexibility index (Phi) is 7.08. The lowest BCUT2D eigenvalue weighted by Gasteiger charge is -2.20. The highest BCUT2D eigenvalue weighted by molar-refractivity contribution is 6.04. The first-order valence-electron chi connectivity index (χ1n) is 10.1. The molecule has 0 spiro atoms. The molecule has 0 saturated carbocycles. The molecule has 0 aliphatic carbocycles. The number of rotatable bonds is 8. The molecule has 2 aromatic carbocycles. The van der Waals surface area contributed by atoms with Gasteiger partial charge in [0.05, 0.1) is 0 Å². The van der Waals surface area contributed by atoms with Gasteiger partial charge in [0.25, 0.3) is 5.91 Å². The van der Waals surface area contributed by atoms with Crippen LogP contribution in [0.3, 0.4) is 0 Å². The summed E-state index contributed by atoms with van der Waals surface area (Å²) < 4.78 is 6.06. The largest absolute Gasteiger partial charge is 0.489 e. The molecule has 1 heterocycles. The van der Waals surface area contributed by atoms with Crippen molar-refractivity contribution >= 4 is 22.8 Å². The maximum absolute atomic E-state index is 12.2. The first-order valence-corrected chi connectivity index (χ1v) is 10.1. The van der Waals surface area contributed by atoms with Gasteiger partial charge in [0.15, 0.2) is 5.96 Å². The van der Waals surface area contributed by atoms with Gasteiger partial charge < -0.3 is 20.8 Å². The number of carbonyl (C=O) groups excluding carboxylic acids is 1. The molecule has 7 nitrogen and oxygen atoms in total. The SMILES string of the molecule is CCN(CC)Cc1ccccc1COc1ccc2cc(C(=O)N=C(N)NC)[nH]c2c1. The number of hydrogen-bond donors (Lipinski definition) is 3. The van der Waals surface area contributed by atoms with E-state index < -0.39 is 5.91 Å². The second kappa shape index (κ2) is 9.93. The maximum atomic E-state index is 12.2. The van der Waals surface area contributed by atoms with E-state index in [-0.39, 0.29) is 5.96 Å². The fourth-order valence-corrected chi connectivity index (χ4v) is 3.24. The standard InChI is InChI=1S/C23H29N5O2/c1-4-28(5-2)14-17-8-6-7-9-18(17)15-30-19-11-10-16-12-21(26-20(16)13-19)22(29)27-23(24)25-3/h6-13,26H,4-5,14-15H2,1-3H3,(H3,24,25,27,29). The first kappa shape index (κ1) is 21.4. The molecule has 4 N–H and O–H groups in total. The lowest BCUT2D eigenvalue weighted by Crippen LogP contribution is -2.28. The number of amides is 1. The number of aromatic nitrogens is 1. The molecule has 30 heavy (non-hydrogen) atoms. The van der Waals surface area contributed by atoms with E-state index in [1.807, 2.05) is 24.3 Å². The van der Waals surface area contributed by atoms with Gasteiger partial charge in [-0.2, -0.15) is 4.99 Å². The van der Waals surface area contributed by atoms with Crippen LogP contribution in [-0.2, 0) is 13.2 Å². The number of aromatic amines is 1. The van der Waals surface area contributed by atoms with Crippen LogP contribution in [0.1, 0.15) is 35.5 Å².